The van der Waals surface area contributed by atoms with Crippen LogP contribution in [0, 0.1) is 0 Å². The van der Waals surface area contributed by atoms with Crippen LogP contribution in [-0.4, -0.2) is 12.5 Å². The van der Waals surface area contributed by atoms with Gasteiger partial charge < -0.3 is 5.32 Å². The molecule has 0 aliphatic rings. The van der Waals surface area contributed by atoms with Crippen molar-refractivity contribution in [3.63, 3.8) is 0 Å². The maximum atomic E-state index is 10.9. The summed E-state index contributed by atoms with van der Waals surface area (Å²) in [7, 11) is 0. The van der Waals surface area contributed by atoms with E-state index < -0.39 is 0 Å². The minimum Gasteiger partial charge on any atom is -0.352 e. The fourth-order valence-corrected chi connectivity index (χ4v) is 0.760. The fraction of sp³-hybridized carbons (Fsp3) is 0.625. The predicted octanol–water partition coefficient (Wildman–Crippen LogP) is 2.20. The summed E-state index contributed by atoms with van der Waals surface area (Å²) in [6.45, 7) is 6.21. The van der Waals surface area contributed by atoms with Gasteiger partial charge in [0.1, 0.15) is 0 Å². The summed E-state index contributed by atoms with van der Waals surface area (Å²) < 4.78 is 0.808. The lowest BCUT2D eigenvalue weighted by Gasteiger charge is -2.01. The molecule has 0 aromatic rings. The van der Waals surface area contributed by atoms with Gasteiger partial charge in [-0.15, -0.1) is 0 Å². The first-order valence-electron chi connectivity index (χ1n) is 3.76. The molecule has 0 bridgehead atoms. The molecule has 0 spiro atoms. The van der Waals surface area contributed by atoms with E-state index in [-0.39, 0.29) is 5.91 Å². The molecule has 11 heavy (non-hydrogen) atoms. The first-order chi connectivity index (χ1) is 5.16. The lowest BCUT2D eigenvalue weighted by Crippen LogP contribution is -2.23. The summed E-state index contributed by atoms with van der Waals surface area (Å²) in [6, 6.07) is 0. The van der Waals surface area contributed by atoms with Gasteiger partial charge in [-0.05, 0) is 6.42 Å². The second-order valence-corrected chi connectivity index (χ2v) is 3.52. The summed E-state index contributed by atoms with van der Waals surface area (Å²) in [5.41, 5.74) is 0. The van der Waals surface area contributed by atoms with Crippen LogP contribution in [0.3, 0.4) is 0 Å². The first-order valence-corrected chi connectivity index (χ1v) is 4.56. The Morgan fingerprint density at radius 1 is 1.64 bits per heavy atom. The lowest BCUT2D eigenvalue weighted by molar-refractivity contribution is -0.120. The van der Waals surface area contributed by atoms with Gasteiger partial charge in [-0.2, -0.15) is 0 Å². The molecule has 1 N–H and O–H groups in total. The molecule has 1 amide bonds. The monoisotopic (exact) mass is 219 g/mol. The molecule has 0 aliphatic carbocycles. The Morgan fingerprint density at radius 3 is 2.73 bits per heavy atom. The number of rotatable bonds is 5. The van der Waals surface area contributed by atoms with Crippen LogP contribution < -0.4 is 5.32 Å². The number of hydrogen-bond donors (Lipinski definition) is 1. The molecule has 3 heteroatoms. The van der Waals surface area contributed by atoms with Crippen molar-refractivity contribution in [2.75, 3.05) is 6.54 Å². The number of halogens is 1. The Bertz CT molecular complexity index is 145. The van der Waals surface area contributed by atoms with E-state index in [1.54, 1.807) is 0 Å². The smallest absolute Gasteiger partial charge is 0.220 e. The second-order valence-electron chi connectivity index (χ2n) is 2.40. The van der Waals surface area contributed by atoms with Gasteiger partial charge in [0.15, 0.2) is 0 Å². The highest BCUT2D eigenvalue weighted by Crippen LogP contribution is 1.98. The molecule has 0 unspecified atom stereocenters. The zero-order valence-corrected chi connectivity index (χ0v) is 8.41. The molecule has 0 rings (SSSR count). The third-order valence-corrected chi connectivity index (χ3v) is 1.52. The van der Waals surface area contributed by atoms with Crippen LogP contribution in [0.2, 0.25) is 0 Å². The normalized spacial score (nSPS) is 9.27. The quantitative estimate of drug-likeness (QED) is 0.756. The Morgan fingerprint density at radius 2 is 2.27 bits per heavy atom. The van der Waals surface area contributed by atoms with Gasteiger partial charge in [-0.25, -0.2) is 0 Å². The van der Waals surface area contributed by atoms with Crippen LogP contribution in [0.15, 0.2) is 11.1 Å². The Balaban J connectivity index is 3.30. The van der Waals surface area contributed by atoms with Crippen molar-refractivity contribution in [2.45, 2.75) is 26.2 Å². The van der Waals surface area contributed by atoms with E-state index >= 15 is 0 Å². The van der Waals surface area contributed by atoms with Gasteiger partial charge in [0.25, 0.3) is 0 Å². The van der Waals surface area contributed by atoms with Crippen LogP contribution in [0.4, 0.5) is 0 Å². The highest BCUT2D eigenvalue weighted by Gasteiger charge is 1.98. The number of unbranched alkanes of at least 4 members (excludes halogenated alkanes) is 1. The highest BCUT2D eigenvalue weighted by molar-refractivity contribution is 9.11. The van der Waals surface area contributed by atoms with Gasteiger partial charge in [0.05, 0.1) is 0 Å². The molecular weight excluding hydrogens is 206 g/mol. The van der Waals surface area contributed by atoms with Gasteiger partial charge in [0.2, 0.25) is 5.91 Å². The Hall–Kier alpha value is -0.310. The van der Waals surface area contributed by atoms with Crippen molar-refractivity contribution in [1.29, 1.82) is 0 Å². The van der Waals surface area contributed by atoms with E-state index in [0.717, 1.165) is 17.3 Å². The molecular formula is C8H14BrNO. The molecule has 0 atom stereocenters. The molecule has 0 aromatic heterocycles. The third-order valence-electron chi connectivity index (χ3n) is 1.23. The van der Waals surface area contributed by atoms with Gasteiger partial charge in [-0.3, -0.25) is 4.79 Å². The number of nitrogens with one attached hydrogen (secondary N) is 1. The minimum atomic E-state index is 0.104. The maximum Gasteiger partial charge on any atom is 0.220 e. The summed E-state index contributed by atoms with van der Waals surface area (Å²) in [5.74, 6) is 0.104. The fourth-order valence-electron chi connectivity index (χ4n) is 0.620. The van der Waals surface area contributed by atoms with Crippen LogP contribution in [0.25, 0.3) is 0 Å². The van der Waals surface area contributed by atoms with Crippen LogP contribution >= 0.6 is 15.9 Å². The number of hydrogen-bond acceptors (Lipinski definition) is 1. The number of carbonyl (C=O) groups is 1. The molecule has 0 fully saturated rings. The molecule has 0 aliphatic heterocycles. The largest absolute Gasteiger partial charge is 0.352 e. The number of carbonyl (C=O) groups excluding carboxylic acids is 1. The van der Waals surface area contributed by atoms with Crippen molar-refractivity contribution in [3.8, 4) is 0 Å². The standard InChI is InChI=1S/C8H14BrNO/c1-3-4-5-8(11)10-6-7(2)9/h2-6H2,1H3,(H,10,11). The van der Waals surface area contributed by atoms with Gasteiger partial charge in [-0.1, -0.05) is 35.9 Å². The predicted molar refractivity (Wildman–Crippen MR) is 50.6 cm³/mol. The molecule has 0 saturated heterocycles. The third kappa shape index (κ3) is 7.59. The van der Waals surface area contributed by atoms with Gasteiger partial charge >= 0.3 is 0 Å². The van der Waals surface area contributed by atoms with E-state index in [4.69, 9.17) is 0 Å². The summed E-state index contributed by atoms with van der Waals surface area (Å²) >= 11 is 3.16. The van der Waals surface area contributed by atoms with Crippen molar-refractivity contribution in [1.82, 2.24) is 5.32 Å². The molecule has 0 heterocycles. The molecule has 0 aromatic carbocycles. The lowest BCUT2D eigenvalue weighted by atomic mass is 10.2. The van der Waals surface area contributed by atoms with Gasteiger partial charge in [0, 0.05) is 17.4 Å². The van der Waals surface area contributed by atoms with E-state index in [0.29, 0.717) is 13.0 Å². The van der Waals surface area contributed by atoms with Crippen molar-refractivity contribution in [2.24, 2.45) is 0 Å². The average molecular weight is 220 g/mol. The minimum absolute atomic E-state index is 0.104. The summed E-state index contributed by atoms with van der Waals surface area (Å²) in [5, 5.41) is 2.73. The molecule has 0 radical (unpaired) electrons. The second kappa shape index (κ2) is 6.40. The topological polar surface area (TPSA) is 29.1 Å². The van der Waals surface area contributed by atoms with Crippen LogP contribution in [0.1, 0.15) is 26.2 Å². The zero-order chi connectivity index (χ0) is 8.69. The van der Waals surface area contributed by atoms with E-state index in [1.807, 2.05) is 0 Å². The maximum absolute atomic E-state index is 10.9. The van der Waals surface area contributed by atoms with E-state index in [1.165, 1.54) is 0 Å². The highest BCUT2D eigenvalue weighted by atomic mass is 79.9. The van der Waals surface area contributed by atoms with Crippen molar-refractivity contribution >= 4 is 21.8 Å². The van der Waals surface area contributed by atoms with Crippen LogP contribution in [-0.2, 0) is 4.79 Å². The van der Waals surface area contributed by atoms with E-state index in [9.17, 15) is 4.79 Å². The first kappa shape index (κ1) is 10.7. The molecule has 0 saturated carbocycles. The van der Waals surface area contributed by atoms with Crippen LogP contribution in [0.5, 0.6) is 0 Å². The molecule has 2 nitrogen and oxygen atoms in total. The van der Waals surface area contributed by atoms with Crippen molar-refractivity contribution in [3.05, 3.63) is 11.1 Å². The Labute approximate surface area is 76.2 Å². The Kier molecular flexibility index (Phi) is 6.22. The summed E-state index contributed by atoms with van der Waals surface area (Å²) in [6.07, 6.45) is 2.64. The molecule has 64 valence electrons. The summed E-state index contributed by atoms with van der Waals surface area (Å²) in [4.78, 5) is 10.9. The average Bonchev–Trinajstić information content (AvgIpc) is 1.97. The van der Waals surface area contributed by atoms with Crippen molar-refractivity contribution < 1.29 is 4.79 Å². The number of amides is 1. The van der Waals surface area contributed by atoms with E-state index in [2.05, 4.69) is 34.7 Å². The zero-order valence-electron chi connectivity index (χ0n) is 6.82. The SMILES string of the molecule is C=C(Br)CNC(=O)CCCC.